The Labute approximate surface area is 139 Å². The number of hydrogen-bond acceptors (Lipinski definition) is 5. The maximum absolute atomic E-state index is 12.5. The topological polar surface area (TPSA) is 80.9 Å². The lowest BCUT2D eigenvalue weighted by molar-refractivity contribution is -0.121. The van der Waals surface area contributed by atoms with Crippen molar-refractivity contribution in [1.82, 2.24) is 20.4 Å². The summed E-state index contributed by atoms with van der Waals surface area (Å²) in [5.74, 6) is 1.02. The summed E-state index contributed by atoms with van der Waals surface area (Å²) in [4.78, 5) is 21.3. The van der Waals surface area contributed by atoms with Crippen LogP contribution in [0.5, 0.6) is 0 Å². The third-order valence-corrected chi connectivity index (χ3v) is 4.28. The number of benzene rings is 1. The van der Waals surface area contributed by atoms with E-state index in [1.165, 1.54) is 0 Å². The highest BCUT2D eigenvalue weighted by molar-refractivity contribution is 5.86. The lowest BCUT2D eigenvalue weighted by atomic mass is 10.1. The van der Waals surface area contributed by atoms with Crippen LogP contribution in [0.15, 0.2) is 41.1 Å². The van der Waals surface area contributed by atoms with Gasteiger partial charge in [0.2, 0.25) is 5.91 Å². The molecule has 1 aliphatic rings. The molecule has 0 bridgehead atoms. The van der Waals surface area contributed by atoms with Crippen molar-refractivity contribution in [2.45, 2.75) is 32.2 Å². The Morgan fingerprint density at radius 1 is 1.33 bits per heavy atom. The number of fused-ring (bicyclic) bond motifs is 1. The van der Waals surface area contributed by atoms with Gasteiger partial charge in [-0.1, -0.05) is 17.3 Å². The molecule has 2 aromatic heterocycles. The first kappa shape index (κ1) is 14.8. The molecular weight excluding hydrogens is 304 g/mol. The summed E-state index contributed by atoms with van der Waals surface area (Å²) in [5, 5.41) is 7.98. The summed E-state index contributed by atoms with van der Waals surface area (Å²) in [6.07, 6.45) is 4.11. The molecule has 0 aliphatic heterocycles. The maximum atomic E-state index is 12.5. The van der Waals surface area contributed by atoms with E-state index in [0.29, 0.717) is 23.0 Å². The minimum Gasteiger partial charge on any atom is -0.356 e. The van der Waals surface area contributed by atoms with Gasteiger partial charge in [-0.25, -0.2) is 9.97 Å². The number of aromatic nitrogens is 3. The third kappa shape index (κ3) is 2.99. The fraction of sp³-hybridized carbons (Fsp3) is 0.333. The molecule has 1 aliphatic carbocycles. The van der Waals surface area contributed by atoms with Crippen LogP contribution in [0, 0.1) is 12.8 Å². The number of para-hydroxylation sites is 1. The van der Waals surface area contributed by atoms with E-state index in [-0.39, 0.29) is 18.4 Å². The van der Waals surface area contributed by atoms with E-state index in [4.69, 9.17) is 4.52 Å². The van der Waals surface area contributed by atoms with Gasteiger partial charge >= 0.3 is 0 Å². The molecule has 3 aromatic rings. The molecule has 4 rings (SSSR count). The molecule has 0 spiro atoms. The highest BCUT2D eigenvalue weighted by Gasteiger charge is 2.35. The van der Waals surface area contributed by atoms with Gasteiger partial charge in [0.05, 0.1) is 12.5 Å². The van der Waals surface area contributed by atoms with Gasteiger partial charge in [-0.05, 0) is 43.9 Å². The number of amides is 1. The number of rotatable bonds is 5. The Morgan fingerprint density at radius 3 is 2.96 bits per heavy atom. The van der Waals surface area contributed by atoms with Gasteiger partial charge in [0, 0.05) is 17.3 Å². The van der Waals surface area contributed by atoms with Crippen LogP contribution in [-0.2, 0) is 11.2 Å². The van der Waals surface area contributed by atoms with Crippen LogP contribution < -0.4 is 5.32 Å². The summed E-state index contributed by atoms with van der Waals surface area (Å²) in [6, 6.07) is 9.28. The number of carbonyl (C=O) groups excluding carboxylic acids is 1. The summed E-state index contributed by atoms with van der Waals surface area (Å²) in [5.41, 5.74) is 2.26. The zero-order valence-corrected chi connectivity index (χ0v) is 13.4. The second-order valence-corrected chi connectivity index (χ2v) is 6.24. The van der Waals surface area contributed by atoms with Crippen molar-refractivity contribution in [3.8, 4) is 0 Å². The van der Waals surface area contributed by atoms with Crippen molar-refractivity contribution in [2.75, 3.05) is 0 Å². The highest BCUT2D eigenvalue weighted by Crippen LogP contribution is 2.40. The van der Waals surface area contributed by atoms with E-state index in [2.05, 4.69) is 20.4 Å². The SMILES string of the molecule is Cc1ccnc([C@@H](NC(=O)Cc2noc3ccccc23)C2CC2)n1. The molecule has 1 saturated carbocycles. The van der Waals surface area contributed by atoms with Gasteiger partial charge < -0.3 is 9.84 Å². The number of nitrogens with zero attached hydrogens (tertiary/aromatic N) is 3. The smallest absolute Gasteiger partial charge is 0.226 e. The molecule has 1 N–H and O–H groups in total. The fourth-order valence-corrected chi connectivity index (χ4v) is 2.88. The lowest BCUT2D eigenvalue weighted by Gasteiger charge is -2.16. The summed E-state index contributed by atoms with van der Waals surface area (Å²) in [7, 11) is 0. The van der Waals surface area contributed by atoms with E-state index < -0.39 is 0 Å². The minimum atomic E-state index is -0.129. The van der Waals surface area contributed by atoms with E-state index in [1.807, 2.05) is 37.3 Å². The molecule has 1 aromatic carbocycles. The van der Waals surface area contributed by atoms with Gasteiger partial charge in [0.1, 0.15) is 5.69 Å². The largest absolute Gasteiger partial charge is 0.356 e. The molecule has 6 nitrogen and oxygen atoms in total. The van der Waals surface area contributed by atoms with Crippen molar-refractivity contribution < 1.29 is 9.32 Å². The third-order valence-electron chi connectivity index (χ3n) is 4.28. The molecule has 0 radical (unpaired) electrons. The number of nitrogens with one attached hydrogen (secondary N) is 1. The van der Waals surface area contributed by atoms with E-state index in [0.717, 1.165) is 23.9 Å². The highest BCUT2D eigenvalue weighted by atomic mass is 16.5. The maximum Gasteiger partial charge on any atom is 0.226 e. The van der Waals surface area contributed by atoms with Gasteiger partial charge in [-0.3, -0.25) is 4.79 Å². The van der Waals surface area contributed by atoms with Gasteiger partial charge in [-0.15, -0.1) is 0 Å². The molecule has 1 amide bonds. The summed E-state index contributed by atoms with van der Waals surface area (Å²) >= 11 is 0. The second kappa shape index (κ2) is 6.03. The number of aryl methyl sites for hydroxylation is 1. The summed E-state index contributed by atoms with van der Waals surface area (Å²) in [6.45, 7) is 1.93. The fourth-order valence-electron chi connectivity index (χ4n) is 2.88. The van der Waals surface area contributed by atoms with E-state index in [9.17, 15) is 4.79 Å². The van der Waals surface area contributed by atoms with Crippen LogP contribution in [0.3, 0.4) is 0 Å². The number of hydrogen-bond donors (Lipinski definition) is 1. The normalized spacial score (nSPS) is 15.4. The molecule has 1 fully saturated rings. The van der Waals surface area contributed by atoms with E-state index >= 15 is 0 Å². The predicted octanol–water partition coefficient (Wildman–Crippen LogP) is 2.74. The van der Waals surface area contributed by atoms with Crippen LogP contribution in [0.2, 0.25) is 0 Å². The zero-order chi connectivity index (χ0) is 16.5. The quantitative estimate of drug-likeness (QED) is 0.781. The lowest BCUT2D eigenvalue weighted by Crippen LogP contribution is -2.32. The molecule has 24 heavy (non-hydrogen) atoms. The van der Waals surface area contributed by atoms with Crippen molar-refractivity contribution in [3.05, 3.63) is 53.7 Å². The van der Waals surface area contributed by atoms with Gasteiger partial charge in [0.15, 0.2) is 11.4 Å². The average molecular weight is 322 g/mol. The monoisotopic (exact) mass is 322 g/mol. The van der Waals surface area contributed by atoms with Crippen molar-refractivity contribution in [1.29, 1.82) is 0 Å². The Bertz CT molecular complexity index is 885. The first-order valence-corrected chi connectivity index (χ1v) is 8.13. The van der Waals surface area contributed by atoms with Crippen LogP contribution in [-0.4, -0.2) is 21.0 Å². The Kier molecular flexibility index (Phi) is 3.72. The van der Waals surface area contributed by atoms with Crippen LogP contribution in [0.25, 0.3) is 11.0 Å². The molecule has 0 unspecified atom stereocenters. The standard InChI is InChI=1S/C18H18N4O2/c1-11-8-9-19-18(20-11)17(12-6-7-12)21-16(23)10-14-13-4-2-3-5-15(13)24-22-14/h2-5,8-9,12,17H,6-7,10H2,1H3,(H,21,23)/t17-/m0/s1. The van der Waals surface area contributed by atoms with Crippen molar-refractivity contribution in [3.63, 3.8) is 0 Å². The van der Waals surface area contributed by atoms with Gasteiger partial charge in [-0.2, -0.15) is 0 Å². The zero-order valence-electron chi connectivity index (χ0n) is 13.4. The Hall–Kier alpha value is -2.76. The Balaban J connectivity index is 1.51. The molecule has 0 saturated heterocycles. The van der Waals surface area contributed by atoms with Crippen molar-refractivity contribution >= 4 is 16.9 Å². The summed E-state index contributed by atoms with van der Waals surface area (Å²) < 4.78 is 5.26. The van der Waals surface area contributed by atoms with Crippen molar-refractivity contribution in [2.24, 2.45) is 5.92 Å². The van der Waals surface area contributed by atoms with E-state index in [1.54, 1.807) is 6.20 Å². The molecule has 122 valence electrons. The van der Waals surface area contributed by atoms with Crippen LogP contribution in [0.1, 0.15) is 36.1 Å². The first-order chi connectivity index (χ1) is 11.7. The molecule has 1 atom stereocenters. The molecule has 2 heterocycles. The predicted molar refractivity (Wildman–Crippen MR) is 88.1 cm³/mol. The molecular formula is C18H18N4O2. The number of carbonyl (C=O) groups is 1. The van der Waals surface area contributed by atoms with Gasteiger partial charge in [0.25, 0.3) is 0 Å². The first-order valence-electron chi connectivity index (χ1n) is 8.13. The second-order valence-electron chi connectivity index (χ2n) is 6.24. The van der Waals surface area contributed by atoms with Crippen LogP contribution >= 0.6 is 0 Å². The Morgan fingerprint density at radius 2 is 2.17 bits per heavy atom. The average Bonchev–Trinajstić information content (AvgIpc) is 3.35. The van der Waals surface area contributed by atoms with Crippen LogP contribution in [0.4, 0.5) is 0 Å². The minimum absolute atomic E-state index is 0.0870. The molecule has 6 heteroatoms.